The van der Waals surface area contributed by atoms with Crippen molar-refractivity contribution in [3.05, 3.63) is 81.5 Å². The number of thioether (sulfide) groups is 2. The van der Waals surface area contributed by atoms with Crippen molar-refractivity contribution < 1.29 is 0 Å². The first-order valence-electron chi connectivity index (χ1n) is 6.55. The molecule has 0 aliphatic carbocycles. The maximum absolute atomic E-state index is 5.67. The van der Waals surface area contributed by atoms with E-state index in [0.717, 1.165) is 11.1 Å². The van der Waals surface area contributed by atoms with Gasteiger partial charge in [-0.15, -0.1) is 0 Å². The van der Waals surface area contributed by atoms with E-state index in [0.29, 0.717) is 0 Å². The molecule has 0 saturated carbocycles. The quantitative estimate of drug-likeness (QED) is 0.487. The topological polar surface area (TPSA) is 0 Å². The van der Waals surface area contributed by atoms with E-state index in [1.807, 2.05) is 48.6 Å². The summed E-state index contributed by atoms with van der Waals surface area (Å²) in [6.45, 7) is 0. The molecule has 0 unspecified atom stereocenters. The van der Waals surface area contributed by atoms with E-state index in [9.17, 15) is 0 Å². The van der Waals surface area contributed by atoms with Crippen LogP contribution in [0.1, 0.15) is 11.1 Å². The van der Waals surface area contributed by atoms with Crippen molar-refractivity contribution in [2.45, 2.75) is 9.79 Å². The third-order valence-electron chi connectivity index (χ3n) is 2.77. The maximum Gasteiger partial charge on any atom is 0.0189 e. The van der Waals surface area contributed by atoms with Gasteiger partial charge < -0.3 is 0 Å². The zero-order valence-electron chi connectivity index (χ0n) is 11.7. The van der Waals surface area contributed by atoms with Crippen molar-refractivity contribution in [2.75, 3.05) is 0 Å². The molecule has 0 aliphatic heterocycles. The second-order valence-electron chi connectivity index (χ2n) is 4.17. The number of hydrogen-bond donors (Lipinski definition) is 0. The van der Waals surface area contributed by atoms with Crippen LogP contribution in [0.25, 0.3) is 12.2 Å². The third kappa shape index (κ3) is 5.29. The average molecular weight is 365 g/mol. The smallest absolute Gasteiger partial charge is 0.0189 e. The molecule has 0 bridgehead atoms. The molecule has 0 atom stereocenters. The van der Waals surface area contributed by atoms with Crippen LogP contribution >= 0.6 is 46.7 Å². The summed E-state index contributed by atoms with van der Waals surface area (Å²) < 4.78 is 0. The van der Waals surface area contributed by atoms with Crippen molar-refractivity contribution in [2.24, 2.45) is 0 Å². The van der Waals surface area contributed by atoms with Crippen LogP contribution in [0.2, 0.25) is 0 Å². The largest absolute Gasteiger partial charge is 0.0969 e. The summed E-state index contributed by atoms with van der Waals surface area (Å²) in [5, 5.41) is 4.15. The van der Waals surface area contributed by atoms with E-state index >= 15 is 0 Å². The molecule has 0 N–H and O–H groups in total. The van der Waals surface area contributed by atoms with Gasteiger partial charge in [0.1, 0.15) is 0 Å². The highest BCUT2D eigenvalue weighted by molar-refractivity contribution is 8.05. The van der Waals surface area contributed by atoms with Crippen molar-refractivity contribution in [3.63, 3.8) is 0 Å². The van der Waals surface area contributed by atoms with Crippen LogP contribution in [0.5, 0.6) is 0 Å². The molecule has 0 heterocycles. The average Bonchev–Trinajstić information content (AvgIpc) is 2.55. The lowest BCUT2D eigenvalue weighted by atomic mass is 10.2. The fraction of sp³-hybridized carbons (Fsp3) is 0. The Labute approximate surface area is 149 Å². The minimum absolute atomic E-state index is 1.11. The summed E-state index contributed by atoms with van der Waals surface area (Å²) in [6, 6.07) is 16.3. The molecule has 0 spiro atoms. The van der Waals surface area contributed by atoms with Crippen LogP contribution in [0, 0.1) is 0 Å². The van der Waals surface area contributed by atoms with E-state index in [2.05, 4.69) is 22.9 Å². The summed E-state index contributed by atoms with van der Waals surface area (Å²) in [5.41, 5.74) is 5.30. The molecule has 0 saturated heterocycles. The first-order chi connectivity index (χ1) is 10.8. The first-order valence-corrected chi connectivity index (χ1v) is 9.18. The van der Waals surface area contributed by atoms with Gasteiger partial charge in [0.2, 0.25) is 0 Å². The van der Waals surface area contributed by atoms with Crippen molar-refractivity contribution in [1.82, 2.24) is 0 Å². The third-order valence-corrected chi connectivity index (χ3v) is 4.99. The molecule has 4 heteroatoms. The number of halogens is 2. The van der Waals surface area contributed by atoms with Crippen LogP contribution in [0.15, 0.2) is 80.2 Å². The summed E-state index contributed by atoms with van der Waals surface area (Å²) >= 11 is 14.7. The Bertz CT molecular complexity index is 631. The lowest BCUT2D eigenvalue weighted by Crippen LogP contribution is -1.77. The molecule has 0 nitrogen and oxygen atoms in total. The SMILES string of the molecule is Cl/C=C/c1ccccc1S/C=C/Sc1ccccc1/C=C/Cl. The van der Waals surface area contributed by atoms with Gasteiger partial charge in [0.25, 0.3) is 0 Å². The Hall–Kier alpha value is -1.06. The van der Waals surface area contributed by atoms with Crippen molar-refractivity contribution >= 4 is 58.9 Å². The molecule has 0 aromatic heterocycles. The monoisotopic (exact) mass is 364 g/mol. The fourth-order valence-electron chi connectivity index (χ4n) is 1.79. The van der Waals surface area contributed by atoms with Crippen LogP contribution in [0.3, 0.4) is 0 Å². The molecular formula is C18H14Cl2S2. The van der Waals surface area contributed by atoms with Crippen LogP contribution < -0.4 is 0 Å². The Morgan fingerprint density at radius 1 is 0.636 bits per heavy atom. The number of rotatable bonds is 6. The molecule has 112 valence electrons. The molecule has 2 rings (SSSR count). The number of hydrogen-bond acceptors (Lipinski definition) is 2. The molecule has 22 heavy (non-hydrogen) atoms. The van der Waals surface area contributed by atoms with Crippen molar-refractivity contribution in [1.29, 1.82) is 0 Å². The minimum Gasteiger partial charge on any atom is -0.0969 e. The Morgan fingerprint density at radius 2 is 1.05 bits per heavy atom. The Balaban J connectivity index is 2.03. The summed E-state index contributed by atoms with van der Waals surface area (Å²) in [7, 11) is 0. The van der Waals surface area contributed by atoms with Gasteiger partial charge in [-0.3, -0.25) is 0 Å². The summed E-state index contributed by atoms with van der Waals surface area (Å²) in [5.74, 6) is 0. The standard InChI is InChI=1S/C18H14Cl2S2/c19-11-9-15-5-1-3-7-17(15)21-13-14-22-18-8-4-2-6-16(18)10-12-20/h1-14H/b11-9+,12-10+,14-13+. The van der Waals surface area contributed by atoms with Gasteiger partial charge in [-0.1, -0.05) is 83.1 Å². The highest BCUT2D eigenvalue weighted by atomic mass is 35.5. The zero-order chi connectivity index (χ0) is 15.6. The summed E-state index contributed by atoms with van der Waals surface area (Å²) in [6.07, 6.45) is 3.79. The normalized spacial score (nSPS) is 11.9. The minimum atomic E-state index is 1.11. The molecule has 0 fully saturated rings. The van der Waals surface area contributed by atoms with Crippen LogP contribution in [-0.2, 0) is 0 Å². The van der Waals surface area contributed by atoms with Crippen molar-refractivity contribution in [3.8, 4) is 0 Å². The molecule has 0 amide bonds. The number of benzene rings is 2. The van der Waals surface area contributed by atoms with E-state index in [-0.39, 0.29) is 0 Å². The van der Waals surface area contributed by atoms with Gasteiger partial charge in [0, 0.05) is 20.9 Å². The van der Waals surface area contributed by atoms with Gasteiger partial charge in [0.05, 0.1) is 0 Å². The highest BCUT2D eigenvalue weighted by Gasteiger charge is 1.98. The second-order valence-corrected chi connectivity index (χ2v) is 6.57. The van der Waals surface area contributed by atoms with Gasteiger partial charge in [-0.25, -0.2) is 0 Å². The first kappa shape index (κ1) is 17.3. The lowest BCUT2D eigenvalue weighted by molar-refractivity contribution is 1.43. The molecule has 0 aliphatic rings. The van der Waals surface area contributed by atoms with Crippen LogP contribution in [-0.4, -0.2) is 0 Å². The zero-order valence-corrected chi connectivity index (χ0v) is 14.8. The van der Waals surface area contributed by atoms with Gasteiger partial charge in [0.15, 0.2) is 0 Å². The van der Waals surface area contributed by atoms with Gasteiger partial charge >= 0.3 is 0 Å². The highest BCUT2D eigenvalue weighted by Crippen LogP contribution is 2.29. The molecule has 2 aromatic rings. The van der Waals surface area contributed by atoms with E-state index in [1.165, 1.54) is 20.9 Å². The predicted molar refractivity (Wildman–Crippen MR) is 104 cm³/mol. The van der Waals surface area contributed by atoms with E-state index < -0.39 is 0 Å². The van der Waals surface area contributed by atoms with E-state index in [1.54, 1.807) is 23.5 Å². The second kappa shape index (κ2) is 9.86. The molecular weight excluding hydrogens is 351 g/mol. The van der Waals surface area contributed by atoms with Gasteiger partial charge in [-0.2, -0.15) is 0 Å². The van der Waals surface area contributed by atoms with Crippen LogP contribution in [0.4, 0.5) is 0 Å². The van der Waals surface area contributed by atoms with Gasteiger partial charge in [-0.05, 0) is 46.2 Å². The van der Waals surface area contributed by atoms with E-state index in [4.69, 9.17) is 23.2 Å². The predicted octanol–water partition coefficient (Wildman–Crippen LogP) is 7.46. The lowest BCUT2D eigenvalue weighted by Gasteiger charge is -2.03. The summed E-state index contributed by atoms with van der Waals surface area (Å²) in [4.78, 5) is 2.34. The maximum atomic E-state index is 5.67. The molecule has 2 aromatic carbocycles. The Morgan fingerprint density at radius 3 is 1.45 bits per heavy atom. The molecule has 0 radical (unpaired) electrons. The fourth-order valence-corrected chi connectivity index (χ4v) is 3.66. The Kier molecular flexibility index (Phi) is 7.75.